The van der Waals surface area contributed by atoms with Gasteiger partial charge in [-0.1, -0.05) is 0 Å². The average molecular weight is 431 g/mol. The van der Waals surface area contributed by atoms with Crippen molar-refractivity contribution >= 4 is 32.7 Å². The molecule has 2 N–H and O–H groups in total. The van der Waals surface area contributed by atoms with E-state index in [0.717, 1.165) is 47.8 Å². The number of halogens is 1. The zero-order valence-electron chi connectivity index (χ0n) is 15.1. The van der Waals surface area contributed by atoms with E-state index in [-0.39, 0.29) is 6.10 Å². The topological polar surface area (TPSA) is 85.3 Å². The largest absolute Gasteiger partial charge is 0.444 e. The number of nitrogens with zero attached hydrogens (tertiary/aromatic N) is 3. The monoisotopic (exact) mass is 430 g/mol. The Morgan fingerprint density at radius 3 is 2.81 bits per heavy atom. The summed E-state index contributed by atoms with van der Waals surface area (Å²) in [6, 6.07) is 5.19. The molecule has 7 heteroatoms. The molecule has 0 spiro atoms. The van der Waals surface area contributed by atoms with E-state index in [1.807, 2.05) is 6.07 Å². The minimum Gasteiger partial charge on any atom is -0.444 e. The standard InChI is InChI=1S/C20H23BrN4O2/c21-19-15-7-14(8-22)27-18(15)9-23-20(19)24-12-1-3-13(4-2-12)25-10-11-5-16(25)17(26)6-11/h7,9,11-13,16-17,26H,1-6,10H2,(H,23,24). The van der Waals surface area contributed by atoms with Crippen molar-refractivity contribution in [2.45, 2.75) is 62.8 Å². The fraction of sp³-hybridized carbons (Fsp3) is 0.600. The van der Waals surface area contributed by atoms with E-state index in [2.05, 4.69) is 31.1 Å². The first-order valence-electron chi connectivity index (χ1n) is 9.81. The first kappa shape index (κ1) is 17.5. The van der Waals surface area contributed by atoms with Crippen molar-refractivity contribution in [3.63, 3.8) is 0 Å². The van der Waals surface area contributed by atoms with Crippen LogP contribution in [0.4, 0.5) is 5.82 Å². The van der Waals surface area contributed by atoms with E-state index in [4.69, 9.17) is 9.68 Å². The van der Waals surface area contributed by atoms with Gasteiger partial charge in [0.25, 0.3) is 0 Å². The predicted molar refractivity (Wildman–Crippen MR) is 105 cm³/mol. The van der Waals surface area contributed by atoms with Gasteiger partial charge in [-0.05, 0) is 60.4 Å². The highest BCUT2D eigenvalue weighted by Gasteiger charge is 2.46. The van der Waals surface area contributed by atoms with Gasteiger partial charge in [-0.2, -0.15) is 5.26 Å². The number of hydrogen-bond donors (Lipinski definition) is 2. The summed E-state index contributed by atoms with van der Waals surface area (Å²) in [6.07, 6.45) is 8.30. The number of aliphatic hydroxyl groups is 1. The second-order valence-corrected chi connectivity index (χ2v) is 9.03. The fourth-order valence-corrected chi connectivity index (χ4v) is 5.86. The molecule has 6 nitrogen and oxygen atoms in total. The van der Waals surface area contributed by atoms with E-state index in [9.17, 15) is 5.11 Å². The summed E-state index contributed by atoms with van der Waals surface area (Å²) in [7, 11) is 0. The molecule has 2 aliphatic carbocycles. The SMILES string of the molecule is N#Cc1cc2c(Br)c(NC3CCC(N4CC5CC(O)C4C5)CC3)ncc2o1. The zero-order valence-corrected chi connectivity index (χ0v) is 16.7. The van der Waals surface area contributed by atoms with Gasteiger partial charge in [-0.15, -0.1) is 0 Å². The summed E-state index contributed by atoms with van der Waals surface area (Å²) in [5.74, 6) is 1.82. The summed E-state index contributed by atoms with van der Waals surface area (Å²) in [5.41, 5.74) is 0.621. The second kappa shape index (κ2) is 6.77. The molecule has 2 aromatic rings. The van der Waals surface area contributed by atoms with E-state index < -0.39 is 0 Å². The minimum atomic E-state index is -0.111. The van der Waals surface area contributed by atoms with Crippen LogP contribution in [0.3, 0.4) is 0 Å². The fourth-order valence-electron chi connectivity index (χ4n) is 5.33. The smallest absolute Gasteiger partial charge is 0.204 e. The molecule has 3 fully saturated rings. The van der Waals surface area contributed by atoms with Crippen LogP contribution in [0, 0.1) is 17.2 Å². The number of rotatable bonds is 3. The summed E-state index contributed by atoms with van der Waals surface area (Å²) < 4.78 is 6.29. The van der Waals surface area contributed by atoms with Crippen LogP contribution in [0.2, 0.25) is 0 Å². The zero-order chi connectivity index (χ0) is 18.5. The third kappa shape index (κ3) is 3.04. The van der Waals surface area contributed by atoms with Gasteiger partial charge >= 0.3 is 0 Å². The normalized spacial score (nSPS) is 33.4. The molecule has 2 saturated carbocycles. The molecule has 3 atom stereocenters. The average Bonchev–Trinajstić information content (AvgIpc) is 3.38. The van der Waals surface area contributed by atoms with Gasteiger partial charge in [-0.25, -0.2) is 4.98 Å². The van der Waals surface area contributed by atoms with E-state index in [1.54, 1.807) is 12.3 Å². The highest BCUT2D eigenvalue weighted by atomic mass is 79.9. The number of anilines is 1. The molecule has 1 saturated heterocycles. The van der Waals surface area contributed by atoms with E-state index in [1.165, 1.54) is 13.0 Å². The van der Waals surface area contributed by atoms with Gasteiger partial charge in [0.2, 0.25) is 5.76 Å². The molecule has 5 rings (SSSR count). The lowest BCUT2D eigenvalue weighted by Crippen LogP contribution is -2.49. The highest BCUT2D eigenvalue weighted by Crippen LogP contribution is 2.41. The number of furan rings is 1. The van der Waals surface area contributed by atoms with Crippen molar-refractivity contribution in [2.24, 2.45) is 5.92 Å². The lowest BCUT2D eigenvalue weighted by molar-refractivity contribution is 0.0215. The van der Waals surface area contributed by atoms with E-state index >= 15 is 0 Å². The maximum absolute atomic E-state index is 10.2. The molecule has 27 heavy (non-hydrogen) atoms. The Hall–Kier alpha value is -1.62. The van der Waals surface area contributed by atoms with Crippen LogP contribution in [-0.2, 0) is 0 Å². The molecule has 0 radical (unpaired) electrons. The molecule has 3 unspecified atom stereocenters. The third-order valence-electron chi connectivity index (χ3n) is 6.62. The van der Waals surface area contributed by atoms with Gasteiger partial charge < -0.3 is 14.8 Å². The van der Waals surface area contributed by atoms with Gasteiger partial charge in [-0.3, -0.25) is 4.90 Å². The second-order valence-electron chi connectivity index (χ2n) is 8.24. The maximum Gasteiger partial charge on any atom is 0.204 e. The number of nitrogens with one attached hydrogen (secondary N) is 1. The van der Waals surface area contributed by atoms with Crippen molar-refractivity contribution in [2.75, 3.05) is 11.9 Å². The first-order chi connectivity index (χ1) is 13.1. The number of likely N-dealkylation sites (tertiary alicyclic amines) is 1. The first-order valence-corrected chi connectivity index (χ1v) is 10.6. The van der Waals surface area contributed by atoms with Gasteiger partial charge in [0.15, 0.2) is 5.58 Å². The Morgan fingerprint density at radius 1 is 1.30 bits per heavy atom. The van der Waals surface area contributed by atoms with Gasteiger partial charge in [0.1, 0.15) is 11.9 Å². The Kier molecular flexibility index (Phi) is 4.38. The summed E-state index contributed by atoms with van der Waals surface area (Å²) in [5, 5.41) is 23.7. The molecule has 142 valence electrons. The molecule has 2 bridgehead atoms. The molecule has 2 aromatic heterocycles. The Bertz CT molecular complexity index is 899. The number of piperidine rings is 1. The number of aromatic nitrogens is 1. The molecule has 0 aromatic carbocycles. The minimum absolute atomic E-state index is 0.111. The van der Waals surface area contributed by atoms with Crippen LogP contribution in [-0.4, -0.2) is 45.8 Å². The van der Waals surface area contributed by atoms with E-state index in [0.29, 0.717) is 35.4 Å². The number of hydrogen-bond acceptors (Lipinski definition) is 6. The van der Waals surface area contributed by atoms with Crippen molar-refractivity contribution in [3.8, 4) is 6.07 Å². The van der Waals surface area contributed by atoms with Crippen LogP contribution in [0.15, 0.2) is 21.2 Å². The molecular weight excluding hydrogens is 408 g/mol. The molecule has 0 amide bonds. The molecule has 3 heterocycles. The lowest BCUT2D eigenvalue weighted by Gasteiger charge is -2.41. The van der Waals surface area contributed by atoms with Gasteiger partial charge in [0, 0.05) is 36.1 Å². The van der Waals surface area contributed by atoms with Crippen LogP contribution in [0.1, 0.15) is 44.3 Å². The Balaban J connectivity index is 1.24. The van der Waals surface area contributed by atoms with Crippen molar-refractivity contribution in [1.29, 1.82) is 5.26 Å². The summed E-state index contributed by atoms with van der Waals surface area (Å²) in [6.45, 7) is 1.18. The van der Waals surface area contributed by atoms with Crippen LogP contribution >= 0.6 is 15.9 Å². The summed E-state index contributed by atoms with van der Waals surface area (Å²) >= 11 is 3.62. The van der Waals surface area contributed by atoms with Crippen molar-refractivity contribution in [3.05, 3.63) is 22.5 Å². The van der Waals surface area contributed by atoms with Crippen molar-refractivity contribution < 1.29 is 9.52 Å². The van der Waals surface area contributed by atoms with Crippen LogP contribution in [0.5, 0.6) is 0 Å². The molecular formula is C20H23BrN4O2. The third-order valence-corrected chi connectivity index (χ3v) is 7.42. The summed E-state index contributed by atoms with van der Waals surface area (Å²) in [4.78, 5) is 7.07. The van der Waals surface area contributed by atoms with Crippen molar-refractivity contribution in [1.82, 2.24) is 9.88 Å². The molecule has 1 aliphatic heterocycles. The molecule has 3 aliphatic rings. The number of fused-ring (bicyclic) bond motifs is 3. The predicted octanol–water partition coefficient (Wildman–Crippen LogP) is 3.64. The lowest BCUT2D eigenvalue weighted by atomic mass is 9.89. The number of nitriles is 1. The highest BCUT2D eigenvalue weighted by molar-refractivity contribution is 9.10. The maximum atomic E-state index is 10.2. The van der Waals surface area contributed by atoms with Gasteiger partial charge in [0.05, 0.1) is 16.8 Å². The quantitative estimate of drug-likeness (QED) is 0.772. The van der Waals surface area contributed by atoms with Crippen LogP contribution in [0.25, 0.3) is 11.0 Å². The number of aliphatic hydroxyl groups excluding tert-OH is 1. The van der Waals surface area contributed by atoms with Crippen LogP contribution < -0.4 is 5.32 Å². The Labute approximate surface area is 166 Å². The number of pyridine rings is 1. The Morgan fingerprint density at radius 2 is 2.11 bits per heavy atom.